The van der Waals surface area contributed by atoms with Gasteiger partial charge in [0, 0.05) is 36.9 Å². The highest BCUT2D eigenvalue weighted by Gasteiger charge is 2.14. The molecule has 7 heteroatoms. The van der Waals surface area contributed by atoms with Crippen LogP contribution in [-0.4, -0.2) is 38.8 Å². The molecule has 1 aliphatic rings. The first kappa shape index (κ1) is 22.8. The Labute approximate surface area is 189 Å². The zero-order chi connectivity index (χ0) is 18.9. The van der Waals surface area contributed by atoms with Crippen molar-refractivity contribution in [3.63, 3.8) is 0 Å². The number of hydrogen-bond acceptors (Lipinski definition) is 3. The van der Waals surface area contributed by atoms with Gasteiger partial charge in [0.15, 0.2) is 5.96 Å². The molecule has 0 aromatic heterocycles. The predicted molar refractivity (Wildman–Crippen MR) is 128 cm³/mol. The maximum Gasteiger partial charge on any atom is 0.191 e. The molecule has 0 saturated carbocycles. The second kappa shape index (κ2) is 12.1. The zero-order valence-electron chi connectivity index (χ0n) is 16.2. The van der Waals surface area contributed by atoms with Crippen molar-refractivity contribution in [3.05, 3.63) is 64.7 Å². The van der Waals surface area contributed by atoms with Gasteiger partial charge in [0.25, 0.3) is 0 Å². The van der Waals surface area contributed by atoms with Gasteiger partial charge in [-0.15, -0.1) is 24.0 Å². The van der Waals surface area contributed by atoms with Gasteiger partial charge in [0.2, 0.25) is 0 Å². The molecule has 1 heterocycles. The lowest BCUT2D eigenvalue weighted by Gasteiger charge is -2.30. The molecule has 1 saturated heterocycles. The van der Waals surface area contributed by atoms with Crippen LogP contribution in [-0.2, 0) is 17.8 Å². The number of halogens is 2. The topological polar surface area (TPSA) is 48.9 Å². The van der Waals surface area contributed by atoms with E-state index in [0.29, 0.717) is 6.54 Å². The van der Waals surface area contributed by atoms with Crippen molar-refractivity contribution in [1.29, 1.82) is 0 Å². The fourth-order valence-electron chi connectivity index (χ4n) is 3.05. The average molecular weight is 515 g/mol. The number of morpholine rings is 1. The monoisotopic (exact) mass is 514 g/mol. The van der Waals surface area contributed by atoms with E-state index in [4.69, 9.17) is 16.3 Å². The highest BCUT2D eigenvalue weighted by molar-refractivity contribution is 14.0. The Hall–Kier alpha value is -1.51. The van der Waals surface area contributed by atoms with Gasteiger partial charge in [-0.1, -0.05) is 41.9 Å². The molecule has 0 atom stereocenters. The third-order valence-corrected chi connectivity index (χ3v) is 4.72. The number of ether oxygens (including phenoxy) is 1. The first-order valence-electron chi connectivity index (χ1n) is 9.43. The number of aliphatic imine (C=N–C) groups is 1. The Kier molecular flexibility index (Phi) is 9.87. The van der Waals surface area contributed by atoms with Crippen LogP contribution in [0.15, 0.2) is 53.5 Å². The number of anilines is 1. The molecule has 152 valence electrons. The first-order chi connectivity index (χ1) is 13.3. The van der Waals surface area contributed by atoms with Crippen LogP contribution in [0.4, 0.5) is 5.69 Å². The number of guanidine groups is 1. The predicted octanol–water partition coefficient (Wildman–Crippen LogP) is 4.05. The Bertz CT molecular complexity index is 748. The van der Waals surface area contributed by atoms with E-state index in [2.05, 4.69) is 51.7 Å². The van der Waals surface area contributed by atoms with Crippen molar-refractivity contribution in [1.82, 2.24) is 10.6 Å². The Balaban J connectivity index is 0.00000280. The van der Waals surface area contributed by atoms with Crippen LogP contribution in [0.25, 0.3) is 0 Å². The van der Waals surface area contributed by atoms with Crippen LogP contribution < -0.4 is 15.5 Å². The van der Waals surface area contributed by atoms with E-state index in [1.54, 1.807) is 0 Å². The fraction of sp³-hybridized carbons (Fsp3) is 0.381. The standard InChI is InChI=1S/C21H27ClN4O.HI/c1-2-23-21(24-15-17-7-9-19(22)10-8-17)25-16-18-5-3-4-6-20(18)26-11-13-27-14-12-26;/h3-10H,2,11-16H2,1H3,(H2,23,24,25);1H. The molecule has 0 amide bonds. The minimum atomic E-state index is 0. The molecule has 2 aromatic rings. The van der Waals surface area contributed by atoms with Gasteiger partial charge < -0.3 is 20.3 Å². The van der Waals surface area contributed by atoms with Crippen LogP contribution in [0, 0.1) is 0 Å². The minimum Gasteiger partial charge on any atom is -0.378 e. The van der Waals surface area contributed by atoms with Crippen molar-refractivity contribution in [2.24, 2.45) is 4.99 Å². The number of nitrogens with zero attached hydrogens (tertiary/aromatic N) is 2. The summed E-state index contributed by atoms with van der Waals surface area (Å²) in [5, 5.41) is 7.51. The Morgan fingerprint density at radius 2 is 1.79 bits per heavy atom. The Morgan fingerprint density at radius 3 is 2.50 bits per heavy atom. The van der Waals surface area contributed by atoms with Gasteiger partial charge in [-0.3, -0.25) is 0 Å². The highest BCUT2D eigenvalue weighted by Crippen LogP contribution is 2.21. The number of benzene rings is 2. The number of nitrogens with one attached hydrogen (secondary N) is 2. The summed E-state index contributed by atoms with van der Waals surface area (Å²) in [6.07, 6.45) is 0. The van der Waals surface area contributed by atoms with E-state index in [-0.39, 0.29) is 24.0 Å². The second-order valence-electron chi connectivity index (χ2n) is 6.40. The molecular formula is C21H28ClIN4O. The number of rotatable bonds is 6. The summed E-state index contributed by atoms with van der Waals surface area (Å²) in [6, 6.07) is 16.3. The van der Waals surface area contributed by atoms with Crippen LogP contribution in [0.2, 0.25) is 5.02 Å². The largest absolute Gasteiger partial charge is 0.378 e. The maximum absolute atomic E-state index is 5.95. The molecule has 0 radical (unpaired) electrons. The van der Waals surface area contributed by atoms with Crippen molar-refractivity contribution >= 4 is 47.2 Å². The molecule has 3 rings (SSSR count). The molecule has 2 aromatic carbocycles. The summed E-state index contributed by atoms with van der Waals surface area (Å²) >= 11 is 5.95. The molecule has 5 nitrogen and oxygen atoms in total. The van der Waals surface area contributed by atoms with Crippen LogP contribution >= 0.6 is 35.6 Å². The summed E-state index contributed by atoms with van der Waals surface area (Å²) in [5.41, 5.74) is 3.66. The van der Waals surface area contributed by atoms with Crippen LogP contribution in [0.1, 0.15) is 18.1 Å². The number of para-hydroxylation sites is 1. The summed E-state index contributed by atoms with van der Waals surface area (Å²) in [7, 11) is 0. The third kappa shape index (κ3) is 6.83. The number of hydrogen-bond donors (Lipinski definition) is 2. The normalized spacial score (nSPS) is 14.4. The van der Waals surface area contributed by atoms with Gasteiger partial charge in [-0.2, -0.15) is 0 Å². The molecular weight excluding hydrogens is 487 g/mol. The minimum absolute atomic E-state index is 0. The molecule has 0 bridgehead atoms. The van der Waals surface area contributed by atoms with E-state index in [0.717, 1.165) is 55.9 Å². The third-order valence-electron chi connectivity index (χ3n) is 4.47. The lowest BCUT2D eigenvalue weighted by molar-refractivity contribution is 0.122. The fourth-order valence-corrected chi connectivity index (χ4v) is 3.18. The van der Waals surface area contributed by atoms with E-state index in [9.17, 15) is 0 Å². The summed E-state index contributed by atoms with van der Waals surface area (Å²) in [5.74, 6) is 0.809. The second-order valence-corrected chi connectivity index (χ2v) is 6.84. The van der Waals surface area contributed by atoms with E-state index in [1.165, 1.54) is 11.3 Å². The highest BCUT2D eigenvalue weighted by atomic mass is 127. The van der Waals surface area contributed by atoms with Crippen molar-refractivity contribution in [3.8, 4) is 0 Å². The molecule has 1 fully saturated rings. The lowest BCUT2D eigenvalue weighted by Crippen LogP contribution is -2.39. The molecule has 0 spiro atoms. The van der Waals surface area contributed by atoms with Gasteiger partial charge in [-0.25, -0.2) is 4.99 Å². The van der Waals surface area contributed by atoms with Crippen molar-refractivity contribution in [2.45, 2.75) is 20.0 Å². The van der Waals surface area contributed by atoms with Gasteiger partial charge in [-0.05, 0) is 36.2 Å². The Morgan fingerprint density at radius 1 is 1.07 bits per heavy atom. The summed E-state index contributed by atoms with van der Waals surface area (Å²) in [6.45, 7) is 7.65. The average Bonchev–Trinajstić information content (AvgIpc) is 2.72. The maximum atomic E-state index is 5.95. The SMILES string of the molecule is CCNC(=NCc1ccc(Cl)cc1)NCc1ccccc1N1CCOCC1.I. The lowest BCUT2D eigenvalue weighted by atomic mass is 10.1. The molecule has 0 aliphatic carbocycles. The van der Waals surface area contributed by atoms with Crippen molar-refractivity contribution in [2.75, 3.05) is 37.7 Å². The van der Waals surface area contributed by atoms with E-state index in [1.807, 2.05) is 24.3 Å². The molecule has 2 N–H and O–H groups in total. The van der Waals surface area contributed by atoms with Gasteiger partial charge >= 0.3 is 0 Å². The molecule has 0 unspecified atom stereocenters. The summed E-state index contributed by atoms with van der Waals surface area (Å²) in [4.78, 5) is 7.08. The van der Waals surface area contributed by atoms with Crippen LogP contribution in [0.5, 0.6) is 0 Å². The smallest absolute Gasteiger partial charge is 0.191 e. The summed E-state index contributed by atoms with van der Waals surface area (Å²) < 4.78 is 5.48. The van der Waals surface area contributed by atoms with Crippen LogP contribution in [0.3, 0.4) is 0 Å². The van der Waals surface area contributed by atoms with E-state index >= 15 is 0 Å². The molecule has 28 heavy (non-hydrogen) atoms. The quantitative estimate of drug-likeness (QED) is 0.347. The van der Waals surface area contributed by atoms with Gasteiger partial charge in [0.1, 0.15) is 0 Å². The zero-order valence-corrected chi connectivity index (χ0v) is 19.2. The van der Waals surface area contributed by atoms with Gasteiger partial charge in [0.05, 0.1) is 19.8 Å². The van der Waals surface area contributed by atoms with E-state index < -0.39 is 0 Å². The molecule has 1 aliphatic heterocycles. The first-order valence-corrected chi connectivity index (χ1v) is 9.81. The van der Waals surface area contributed by atoms with Crippen molar-refractivity contribution < 1.29 is 4.74 Å².